The van der Waals surface area contributed by atoms with Crippen LogP contribution in [0.5, 0.6) is 0 Å². The molecule has 57 heavy (non-hydrogen) atoms. The molecule has 0 spiro atoms. The lowest BCUT2D eigenvalue weighted by molar-refractivity contribution is -0.197. The zero-order chi connectivity index (χ0) is 43.0. The molecule has 15 unspecified atom stereocenters. The topological polar surface area (TPSA) is 497 Å². The third-order valence-electron chi connectivity index (χ3n) is 8.55. The Hall–Kier alpha value is -5.17. The Bertz CT molecular complexity index is 1420. The molecule has 3 aliphatic rings. The highest BCUT2D eigenvalue weighted by atomic mass is 16.4. The number of carbonyl (C=O) groups excluding carboxylic acids is 6. The Morgan fingerprint density at radius 2 is 0.719 bits per heavy atom. The summed E-state index contributed by atoms with van der Waals surface area (Å²) in [4.78, 5) is 81.5. The summed E-state index contributed by atoms with van der Waals surface area (Å²) in [6.07, 6.45) is -38.9. The molecule has 3 fully saturated rings. The van der Waals surface area contributed by atoms with Gasteiger partial charge in [0.2, 0.25) is 23.8 Å². The number of nitrogens with zero attached hydrogens (tertiary/aromatic N) is 8. The monoisotopic (exact) mass is 827 g/mol. The van der Waals surface area contributed by atoms with E-state index in [0.717, 1.165) is 0 Å². The van der Waals surface area contributed by atoms with E-state index >= 15 is 0 Å². The first-order valence-corrected chi connectivity index (χ1v) is 15.8. The van der Waals surface area contributed by atoms with Crippen molar-refractivity contribution >= 4 is 54.7 Å². The van der Waals surface area contributed by atoms with Crippen molar-refractivity contribution in [3.8, 4) is 0 Å². The molecule has 5 amide bonds. The van der Waals surface area contributed by atoms with E-state index < -0.39 is 135 Å². The maximum absolute atomic E-state index is 12.6. The number of urea groups is 2. The van der Waals surface area contributed by atoms with Crippen LogP contribution in [0.1, 0.15) is 0 Å². The van der Waals surface area contributed by atoms with Crippen molar-refractivity contribution < 1.29 is 105 Å². The van der Waals surface area contributed by atoms with Gasteiger partial charge in [-0.25, -0.2) is 9.59 Å². The summed E-state index contributed by atoms with van der Waals surface area (Å²) in [6, 6.07) is -3.33. The van der Waals surface area contributed by atoms with Crippen LogP contribution in [-0.2, 0) is 19.2 Å². The molecule has 4 heterocycles. The molecular weight excluding hydrogens is 790 g/mol. The minimum Gasteiger partial charge on any atom is -0.387 e. The van der Waals surface area contributed by atoms with Gasteiger partial charge >= 0.3 is 12.1 Å². The van der Waals surface area contributed by atoms with Gasteiger partial charge in [-0.2, -0.15) is 15.0 Å². The summed E-state index contributed by atoms with van der Waals surface area (Å²) in [7, 11) is 0. The van der Waals surface area contributed by atoms with Gasteiger partial charge in [-0.1, -0.05) is 0 Å². The lowest BCUT2D eigenvalue weighted by Gasteiger charge is -2.49. The molecule has 1 aromatic heterocycles. The Labute approximate surface area is 314 Å². The van der Waals surface area contributed by atoms with Gasteiger partial charge in [0.15, 0.2) is 99.8 Å². The van der Waals surface area contributed by atoms with Crippen LogP contribution in [0.4, 0.5) is 27.4 Å². The summed E-state index contributed by atoms with van der Waals surface area (Å²) in [5, 5.41) is 164. The van der Waals surface area contributed by atoms with E-state index in [0.29, 0.717) is 0 Å². The van der Waals surface area contributed by atoms with Crippen LogP contribution in [-0.4, -0.2) is 231 Å². The number of hydrogen-bond acceptors (Lipinski definition) is 27. The molecule has 32 heteroatoms. The average Bonchev–Trinajstić information content (AvgIpc) is 3.15. The number of rotatable bonds is 10. The number of aliphatic hydroxyl groups is 15. The molecule has 18 N–H and O–H groups in total. The molecule has 1 aromatic rings. The summed E-state index contributed by atoms with van der Waals surface area (Å²) in [5.74, 6) is -7.53. The number of amides is 5. The van der Waals surface area contributed by atoms with Crippen LogP contribution >= 0.6 is 0 Å². The van der Waals surface area contributed by atoms with Crippen molar-refractivity contribution in [2.45, 2.75) is 93.2 Å². The van der Waals surface area contributed by atoms with Crippen LogP contribution in [0.3, 0.4) is 0 Å². The third-order valence-corrected chi connectivity index (χ3v) is 8.55. The van der Waals surface area contributed by atoms with Gasteiger partial charge in [-0.3, -0.25) is 43.7 Å². The molecule has 318 valence electrons. The molecule has 3 aliphatic heterocycles. The molecule has 0 radical (unpaired) electrons. The van der Waals surface area contributed by atoms with Crippen LogP contribution in [0.15, 0.2) is 0 Å². The van der Waals surface area contributed by atoms with Crippen LogP contribution in [0.2, 0.25) is 0 Å². The van der Waals surface area contributed by atoms with E-state index in [1.54, 1.807) is 16.0 Å². The fraction of sp³-hybridized carbons (Fsp3) is 0.640. The van der Waals surface area contributed by atoms with E-state index in [1.165, 1.54) is 0 Å². The molecule has 4 rings (SSSR count). The van der Waals surface area contributed by atoms with Gasteiger partial charge < -0.3 is 92.5 Å². The van der Waals surface area contributed by atoms with E-state index in [-0.39, 0.29) is 43.4 Å². The molecule has 32 nitrogen and oxygen atoms in total. The van der Waals surface area contributed by atoms with Gasteiger partial charge in [0.1, 0.15) is 12.2 Å². The van der Waals surface area contributed by atoms with Gasteiger partial charge in [0.05, 0.1) is 5.92 Å². The lowest BCUT2D eigenvalue weighted by atomic mass is 9.87. The Kier molecular flexibility index (Phi) is 13.7. The first-order valence-electron chi connectivity index (χ1n) is 15.8. The molecule has 0 bridgehead atoms. The van der Waals surface area contributed by atoms with Gasteiger partial charge in [0, 0.05) is 0 Å². The van der Waals surface area contributed by atoms with Crippen LogP contribution in [0.25, 0.3) is 0 Å². The second kappa shape index (κ2) is 17.5. The van der Waals surface area contributed by atoms with E-state index in [9.17, 15) is 105 Å². The normalized spacial score (nSPS) is 34.8. The summed E-state index contributed by atoms with van der Waals surface area (Å²) in [6.45, 7) is 0. The Balaban J connectivity index is 1.86. The van der Waals surface area contributed by atoms with Crippen molar-refractivity contribution in [2.24, 2.45) is 5.92 Å². The molecule has 0 aromatic carbocycles. The average molecular weight is 828 g/mol. The summed E-state index contributed by atoms with van der Waals surface area (Å²) >= 11 is 0. The minimum atomic E-state index is -2.69. The van der Waals surface area contributed by atoms with Crippen molar-refractivity contribution in [2.75, 3.05) is 14.7 Å². The number of anilines is 3. The zero-order valence-corrected chi connectivity index (χ0v) is 28.2. The predicted octanol–water partition coefficient (Wildman–Crippen LogP) is -13.5. The maximum Gasteiger partial charge on any atom is 0.324 e. The standard InChI is InChI=1S/C25H37N11O21/c37-1-4(40)26-10(45)7-8(43)11(46)32(12(47)9(7)44)21-29-22(33-13(48)17(52)35(18(53)14(33)49)24(56)27-5(41)2-38)31-23(30-21)34-15(50)19(54)36(20(55)16(34)51)25(57)28-6(42)3-39/h1-9,11-20,40-44,46-55H,(H,26,45)(H,27,56)(H,28,57). The van der Waals surface area contributed by atoms with E-state index in [1.807, 2.05) is 0 Å². The molecular formula is C25H37N11O21. The molecule has 15 atom stereocenters. The second-order valence-electron chi connectivity index (χ2n) is 12.1. The smallest absolute Gasteiger partial charge is 0.324 e. The Morgan fingerprint density at radius 3 is 1.00 bits per heavy atom. The van der Waals surface area contributed by atoms with Crippen molar-refractivity contribution in [1.82, 2.24) is 40.7 Å². The maximum atomic E-state index is 12.6. The SMILES string of the molecule is O=CC(O)NC(=O)C1C(O)C(O)N(c2nc(N3C(O)C(O)N(C(=O)NC(O)C=O)C(O)C3O)nc(N3C(O)C(O)N(C(=O)NC(O)C=O)C(O)C3O)n2)C(O)C1O. The van der Waals surface area contributed by atoms with Gasteiger partial charge in [0.25, 0.3) is 0 Å². The van der Waals surface area contributed by atoms with E-state index in [2.05, 4.69) is 15.0 Å². The van der Waals surface area contributed by atoms with Crippen molar-refractivity contribution in [3.05, 3.63) is 0 Å². The van der Waals surface area contributed by atoms with Crippen LogP contribution < -0.4 is 30.7 Å². The van der Waals surface area contributed by atoms with Crippen molar-refractivity contribution in [3.63, 3.8) is 0 Å². The third kappa shape index (κ3) is 8.30. The number of nitrogens with one attached hydrogen (secondary N) is 3. The van der Waals surface area contributed by atoms with Crippen LogP contribution in [0, 0.1) is 5.92 Å². The Morgan fingerprint density at radius 1 is 0.456 bits per heavy atom. The molecule has 0 saturated carbocycles. The number of piperazine rings is 2. The largest absolute Gasteiger partial charge is 0.387 e. The summed E-state index contributed by atoms with van der Waals surface area (Å²) < 4.78 is 0. The number of carbonyl (C=O) groups is 6. The quantitative estimate of drug-likeness (QED) is 0.0769. The highest BCUT2D eigenvalue weighted by molar-refractivity contribution is 5.83. The fourth-order valence-electron chi connectivity index (χ4n) is 5.77. The molecule has 0 aliphatic carbocycles. The predicted molar refractivity (Wildman–Crippen MR) is 168 cm³/mol. The number of aliphatic hydroxyl groups excluding tert-OH is 15. The first-order chi connectivity index (χ1) is 26.6. The number of piperidine rings is 1. The summed E-state index contributed by atoms with van der Waals surface area (Å²) in [5.41, 5.74) is 0. The minimum absolute atomic E-state index is 0.0622. The van der Waals surface area contributed by atoms with Crippen molar-refractivity contribution in [1.29, 1.82) is 0 Å². The second-order valence-corrected chi connectivity index (χ2v) is 12.1. The lowest BCUT2D eigenvalue weighted by Crippen LogP contribution is -2.72. The van der Waals surface area contributed by atoms with Gasteiger partial charge in [-0.05, 0) is 0 Å². The highest BCUT2D eigenvalue weighted by Crippen LogP contribution is 2.35. The fourth-order valence-corrected chi connectivity index (χ4v) is 5.77. The number of aromatic nitrogens is 3. The van der Waals surface area contributed by atoms with Gasteiger partial charge in [-0.15, -0.1) is 0 Å². The number of hydrogen-bond donors (Lipinski definition) is 18. The number of aldehydes is 3. The first kappa shape index (κ1) is 44.5. The van der Waals surface area contributed by atoms with E-state index in [4.69, 9.17) is 0 Å². The molecule has 3 saturated heterocycles. The zero-order valence-electron chi connectivity index (χ0n) is 28.2. The highest BCUT2D eigenvalue weighted by Gasteiger charge is 2.55.